The number of carbonyl (C=O) groups excluding carboxylic acids is 1. The molecule has 0 spiro atoms. The molecule has 0 aliphatic heterocycles. The molecule has 2 aromatic heterocycles. The molecule has 10 heteroatoms. The third-order valence-corrected chi connectivity index (χ3v) is 5.45. The summed E-state index contributed by atoms with van der Waals surface area (Å²) in [6.07, 6.45) is 1.59. The summed E-state index contributed by atoms with van der Waals surface area (Å²) in [4.78, 5) is 29.1. The zero-order valence-corrected chi connectivity index (χ0v) is 23.8. The molecule has 3 rings (SSSR count). The van der Waals surface area contributed by atoms with E-state index in [0.717, 1.165) is 24.1 Å². The summed E-state index contributed by atoms with van der Waals surface area (Å²) in [6, 6.07) is 7.15. The van der Waals surface area contributed by atoms with Gasteiger partial charge in [-0.15, -0.1) is 0 Å². The maximum atomic E-state index is 13.2. The molecule has 0 aliphatic carbocycles. The number of carboxylic acid groups (broad SMARTS) is 1. The number of aryl methyl sites for hydroxylation is 3. The molecule has 0 amide bonds. The number of hydrogen-bond donors (Lipinski definition) is 0. The molecule has 0 saturated heterocycles. The predicted octanol–water partition coefficient (Wildman–Crippen LogP) is -1.57. The van der Waals surface area contributed by atoms with Crippen LogP contribution in [0.4, 0.5) is 0 Å². The van der Waals surface area contributed by atoms with Crippen LogP contribution < -0.4 is 66.8 Å². The SMILES string of the molecule is CCCc1nn(C)c2c(=O)n(CCOc3ccc(C[C@@H](OCC)C(=O)[O-])cc3)c(CC)nc12.[K+]. The standard InChI is InChI=1S/C24H32N4O5.K/c1-5-8-18-21-22(27(4)26-18)23(29)28(20(6-2)25-21)13-14-33-17-11-9-16(10-12-17)15-19(24(30)31)32-7-3;/h9-12,19H,5-8,13-15H2,1-4H3,(H,30,31);/q;+1/p-1/t19-;/m1./s1. The first kappa shape index (κ1) is 28.7. The van der Waals surface area contributed by atoms with Gasteiger partial charge in [-0.3, -0.25) is 14.0 Å². The Hall–Kier alpha value is -1.56. The second kappa shape index (κ2) is 13.5. The van der Waals surface area contributed by atoms with Crippen molar-refractivity contribution in [3.8, 4) is 5.75 Å². The Morgan fingerprint density at radius 3 is 2.47 bits per heavy atom. The van der Waals surface area contributed by atoms with E-state index in [1.807, 2.05) is 6.92 Å². The van der Waals surface area contributed by atoms with Gasteiger partial charge in [-0.2, -0.15) is 5.10 Å². The summed E-state index contributed by atoms with van der Waals surface area (Å²) in [5.74, 6) is 0.113. The molecule has 0 fully saturated rings. The number of hydrogen-bond acceptors (Lipinski definition) is 7. The van der Waals surface area contributed by atoms with Gasteiger partial charge in [0.25, 0.3) is 5.56 Å². The maximum Gasteiger partial charge on any atom is 1.00 e. The number of rotatable bonds is 12. The number of ether oxygens (including phenoxy) is 2. The van der Waals surface area contributed by atoms with Crippen molar-refractivity contribution in [2.45, 2.75) is 59.1 Å². The molecule has 0 N–H and O–H groups in total. The third kappa shape index (κ3) is 6.77. The molecule has 0 radical (unpaired) electrons. The average Bonchev–Trinajstić information content (AvgIpc) is 3.11. The van der Waals surface area contributed by atoms with Gasteiger partial charge in [0.1, 0.15) is 29.8 Å². The second-order valence-corrected chi connectivity index (χ2v) is 7.82. The summed E-state index contributed by atoms with van der Waals surface area (Å²) >= 11 is 0. The fraction of sp³-hybridized carbons (Fsp3) is 0.500. The van der Waals surface area contributed by atoms with Crippen LogP contribution in [0.2, 0.25) is 0 Å². The van der Waals surface area contributed by atoms with Crippen molar-refractivity contribution in [2.24, 2.45) is 7.05 Å². The van der Waals surface area contributed by atoms with Crippen molar-refractivity contribution in [3.63, 3.8) is 0 Å². The Kier molecular flexibility index (Phi) is 11.4. The monoisotopic (exact) mass is 494 g/mol. The zero-order chi connectivity index (χ0) is 24.0. The fourth-order valence-electron chi connectivity index (χ4n) is 3.87. The Morgan fingerprint density at radius 1 is 1.18 bits per heavy atom. The molecule has 0 unspecified atom stereocenters. The second-order valence-electron chi connectivity index (χ2n) is 7.82. The molecule has 1 aromatic carbocycles. The van der Waals surface area contributed by atoms with Crippen molar-refractivity contribution in [2.75, 3.05) is 13.2 Å². The largest absolute Gasteiger partial charge is 1.00 e. The number of carbonyl (C=O) groups is 1. The number of aliphatic carboxylic acids is 1. The predicted molar refractivity (Wildman–Crippen MR) is 122 cm³/mol. The summed E-state index contributed by atoms with van der Waals surface area (Å²) in [7, 11) is 1.77. The van der Waals surface area contributed by atoms with Gasteiger partial charge in [-0.1, -0.05) is 32.4 Å². The van der Waals surface area contributed by atoms with Gasteiger partial charge in [-0.25, -0.2) is 4.98 Å². The quantitative estimate of drug-likeness (QED) is 0.280. The van der Waals surface area contributed by atoms with Gasteiger partial charge >= 0.3 is 51.4 Å². The van der Waals surface area contributed by atoms with E-state index in [1.165, 1.54) is 0 Å². The molecule has 0 bridgehead atoms. The minimum absolute atomic E-state index is 0. The molecular weight excluding hydrogens is 463 g/mol. The van der Waals surface area contributed by atoms with Gasteiger partial charge in [0.05, 0.1) is 18.2 Å². The van der Waals surface area contributed by atoms with Crippen LogP contribution in [0, 0.1) is 0 Å². The first-order valence-corrected chi connectivity index (χ1v) is 11.4. The van der Waals surface area contributed by atoms with Crippen molar-refractivity contribution < 1.29 is 70.8 Å². The Labute approximate surface area is 241 Å². The van der Waals surface area contributed by atoms with Gasteiger partial charge in [0.2, 0.25) is 0 Å². The number of fused-ring (bicyclic) bond motifs is 1. The van der Waals surface area contributed by atoms with Crippen LogP contribution in [0.15, 0.2) is 29.1 Å². The van der Waals surface area contributed by atoms with E-state index in [2.05, 4.69) is 12.0 Å². The summed E-state index contributed by atoms with van der Waals surface area (Å²) < 4.78 is 14.3. The van der Waals surface area contributed by atoms with Crippen LogP contribution in [-0.2, 0) is 42.4 Å². The molecule has 34 heavy (non-hydrogen) atoms. The van der Waals surface area contributed by atoms with Crippen molar-refractivity contribution in [1.82, 2.24) is 19.3 Å². The number of carboxylic acids is 1. The van der Waals surface area contributed by atoms with E-state index in [-0.39, 0.29) is 63.4 Å². The molecular formula is C24H31KN4O5. The van der Waals surface area contributed by atoms with E-state index in [1.54, 1.807) is 47.5 Å². The first-order valence-electron chi connectivity index (χ1n) is 11.4. The van der Waals surface area contributed by atoms with E-state index < -0.39 is 12.1 Å². The molecule has 0 aliphatic rings. The van der Waals surface area contributed by atoms with E-state index >= 15 is 0 Å². The fourth-order valence-corrected chi connectivity index (χ4v) is 3.87. The Bertz CT molecular complexity index is 1160. The number of aromatic nitrogens is 4. The molecule has 1 atom stereocenters. The smallest absolute Gasteiger partial charge is 0.547 e. The van der Waals surface area contributed by atoms with Crippen LogP contribution in [-0.4, -0.2) is 44.6 Å². The summed E-state index contributed by atoms with van der Waals surface area (Å²) in [6.45, 7) is 6.75. The van der Waals surface area contributed by atoms with Gasteiger partial charge in [0, 0.05) is 26.5 Å². The maximum absolute atomic E-state index is 13.2. The van der Waals surface area contributed by atoms with Crippen LogP contribution in [0.3, 0.4) is 0 Å². The summed E-state index contributed by atoms with van der Waals surface area (Å²) in [5.41, 5.74) is 2.75. The Morgan fingerprint density at radius 2 is 1.88 bits per heavy atom. The van der Waals surface area contributed by atoms with E-state index in [4.69, 9.17) is 14.5 Å². The average molecular weight is 495 g/mol. The summed E-state index contributed by atoms with van der Waals surface area (Å²) in [5, 5.41) is 15.6. The topological polar surface area (TPSA) is 111 Å². The van der Waals surface area contributed by atoms with Crippen molar-refractivity contribution >= 4 is 17.0 Å². The van der Waals surface area contributed by atoms with Gasteiger partial charge in [-0.05, 0) is 31.0 Å². The number of benzene rings is 1. The normalized spacial score (nSPS) is 11.9. The molecule has 9 nitrogen and oxygen atoms in total. The Balaban J connectivity index is 0.00000408. The molecule has 3 aromatic rings. The molecule has 178 valence electrons. The van der Waals surface area contributed by atoms with E-state index in [0.29, 0.717) is 48.8 Å². The molecule has 0 saturated carbocycles. The van der Waals surface area contributed by atoms with Crippen LogP contribution in [0.1, 0.15) is 44.3 Å². The third-order valence-electron chi connectivity index (χ3n) is 5.45. The van der Waals surface area contributed by atoms with Crippen LogP contribution >= 0.6 is 0 Å². The minimum atomic E-state index is -1.23. The van der Waals surface area contributed by atoms with Crippen LogP contribution in [0.5, 0.6) is 5.75 Å². The zero-order valence-electron chi connectivity index (χ0n) is 20.7. The van der Waals surface area contributed by atoms with Gasteiger partial charge < -0.3 is 19.4 Å². The van der Waals surface area contributed by atoms with Crippen molar-refractivity contribution in [3.05, 3.63) is 51.7 Å². The van der Waals surface area contributed by atoms with E-state index in [9.17, 15) is 14.7 Å². The van der Waals surface area contributed by atoms with Gasteiger partial charge in [0.15, 0.2) is 5.52 Å². The van der Waals surface area contributed by atoms with Crippen LogP contribution in [0.25, 0.3) is 11.0 Å². The minimum Gasteiger partial charge on any atom is -0.547 e. The first-order chi connectivity index (χ1) is 15.9. The number of nitrogens with zero attached hydrogens (tertiary/aromatic N) is 4. The van der Waals surface area contributed by atoms with Crippen molar-refractivity contribution in [1.29, 1.82) is 0 Å². The molecule has 2 heterocycles.